The lowest BCUT2D eigenvalue weighted by Gasteiger charge is -2.39. The van der Waals surface area contributed by atoms with Crippen LogP contribution in [0, 0.1) is 5.92 Å². The summed E-state index contributed by atoms with van der Waals surface area (Å²) in [7, 11) is 0. The van der Waals surface area contributed by atoms with E-state index in [0.717, 1.165) is 64.2 Å². The van der Waals surface area contributed by atoms with Crippen LogP contribution in [0.2, 0.25) is 0 Å². The topological polar surface area (TPSA) is 48.9 Å². The zero-order valence-electron chi connectivity index (χ0n) is 13.0. The van der Waals surface area contributed by atoms with Crippen molar-refractivity contribution in [2.45, 2.75) is 39.2 Å². The lowest BCUT2D eigenvalue weighted by molar-refractivity contribution is 0.00271. The molecule has 2 rings (SSSR count). The molecule has 2 N–H and O–H groups in total. The van der Waals surface area contributed by atoms with Crippen LogP contribution in [0.25, 0.3) is 0 Å². The molecule has 20 heavy (non-hydrogen) atoms. The van der Waals surface area contributed by atoms with E-state index in [1.807, 2.05) is 0 Å². The monoisotopic (exact) mass is 282 g/mol. The number of nitrogens with one attached hydrogen (secondary N) is 2. The SMILES string of the molecule is CCC(CC)C(CNC1=NCCCN1)N1CCOCC1. The Labute approximate surface area is 123 Å². The van der Waals surface area contributed by atoms with Crippen LogP contribution < -0.4 is 10.6 Å². The maximum absolute atomic E-state index is 5.49. The summed E-state index contributed by atoms with van der Waals surface area (Å²) in [6.45, 7) is 11.4. The summed E-state index contributed by atoms with van der Waals surface area (Å²) in [5.74, 6) is 1.73. The molecule has 1 unspecified atom stereocenters. The van der Waals surface area contributed by atoms with Gasteiger partial charge in [-0.1, -0.05) is 26.7 Å². The van der Waals surface area contributed by atoms with Gasteiger partial charge in [0, 0.05) is 38.8 Å². The fourth-order valence-electron chi connectivity index (χ4n) is 3.19. The summed E-state index contributed by atoms with van der Waals surface area (Å²) in [6.07, 6.45) is 3.62. The van der Waals surface area contributed by atoms with Crippen LogP contribution in [0.4, 0.5) is 0 Å². The van der Waals surface area contributed by atoms with Crippen molar-refractivity contribution in [3.8, 4) is 0 Å². The van der Waals surface area contributed by atoms with E-state index in [2.05, 4.69) is 34.4 Å². The third-order valence-corrected chi connectivity index (χ3v) is 4.48. The maximum atomic E-state index is 5.49. The van der Waals surface area contributed by atoms with Crippen LogP contribution in [-0.2, 0) is 4.74 Å². The molecule has 5 heteroatoms. The Morgan fingerprint density at radius 1 is 1.30 bits per heavy atom. The normalized spacial score (nSPS) is 22.2. The van der Waals surface area contributed by atoms with E-state index in [1.165, 1.54) is 12.8 Å². The van der Waals surface area contributed by atoms with Gasteiger partial charge in [-0.05, 0) is 12.3 Å². The van der Waals surface area contributed by atoms with E-state index < -0.39 is 0 Å². The van der Waals surface area contributed by atoms with Crippen LogP contribution in [0.5, 0.6) is 0 Å². The zero-order chi connectivity index (χ0) is 14.2. The highest BCUT2D eigenvalue weighted by Crippen LogP contribution is 2.19. The van der Waals surface area contributed by atoms with Gasteiger partial charge in [-0.2, -0.15) is 0 Å². The Balaban J connectivity index is 1.92. The molecule has 2 aliphatic rings. The molecule has 0 aromatic rings. The van der Waals surface area contributed by atoms with Crippen molar-refractivity contribution in [3.63, 3.8) is 0 Å². The van der Waals surface area contributed by atoms with Gasteiger partial charge in [0.15, 0.2) is 5.96 Å². The number of hydrogen-bond donors (Lipinski definition) is 2. The second-order valence-corrected chi connectivity index (χ2v) is 5.68. The summed E-state index contributed by atoms with van der Waals surface area (Å²) >= 11 is 0. The molecule has 1 saturated heterocycles. The van der Waals surface area contributed by atoms with Crippen LogP contribution in [0.1, 0.15) is 33.1 Å². The van der Waals surface area contributed by atoms with Gasteiger partial charge in [0.25, 0.3) is 0 Å². The molecule has 0 bridgehead atoms. The van der Waals surface area contributed by atoms with Crippen molar-refractivity contribution in [2.24, 2.45) is 10.9 Å². The molecule has 0 amide bonds. The lowest BCUT2D eigenvalue weighted by Crippen LogP contribution is -2.53. The molecule has 1 atom stereocenters. The highest BCUT2D eigenvalue weighted by molar-refractivity contribution is 5.80. The number of guanidine groups is 1. The van der Waals surface area contributed by atoms with E-state index in [4.69, 9.17) is 4.74 Å². The van der Waals surface area contributed by atoms with Crippen LogP contribution in [0.15, 0.2) is 4.99 Å². The summed E-state index contributed by atoms with van der Waals surface area (Å²) in [6, 6.07) is 0.584. The average Bonchev–Trinajstić information content (AvgIpc) is 2.53. The van der Waals surface area contributed by atoms with Crippen molar-refractivity contribution in [1.29, 1.82) is 0 Å². The molecular weight excluding hydrogens is 252 g/mol. The summed E-state index contributed by atoms with van der Waals surface area (Å²) in [4.78, 5) is 7.10. The largest absolute Gasteiger partial charge is 0.379 e. The molecule has 1 fully saturated rings. The quantitative estimate of drug-likeness (QED) is 0.765. The molecule has 0 spiro atoms. The van der Waals surface area contributed by atoms with Gasteiger partial charge in [0.1, 0.15) is 0 Å². The van der Waals surface area contributed by atoms with E-state index in [-0.39, 0.29) is 0 Å². The molecule has 0 aliphatic carbocycles. The van der Waals surface area contributed by atoms with Gasteiger partial charge < -0.3 is 15.4 Å². The fourth-order valence-corrected chi connectivity index (χ4v) is 3.19. The first-order valence-corrected chi connectivity index (χ1v) is 8.19. The Morgan fingerprint density at radius 3 is 2.65 bits per heavy atom. The van der Waals surface area contributed by atoms with E-state index in [0.29, 0.717) is 6.04 Å². The molecule has 2 heterocycles. The highest BCUT2D eigenvalue weighted by atomic mass is 16.5. The molecule has 0 saturated carbocycles. The molecule has 0 radical (unpaired) electrons. The van der Waals surface area contributed by atoms with Gasteiger partial charge in [0.05, 0.1) is 13.2 Å². The Bertz CT molecular complexity index is 298. The van der Waals surface area contributed by atoms with Gasteiger partial charge in [0.2, 0.25) is 0 Å². The predicted octanol–water partition coefficient (Wildman–Crippen LogP) is 1.06. The first-order chi connectivity index (χ1) is 9.85. The molecule has 5 nitrogen and oxygen atoms in total. The molecule has 116 valence electrons. The second kappa shape index (κ2) is 8.47. The standard InChI is InChI=1S/C15H30N4O/c1-3-13(4-2)14(19-8-10-20-11-9-19)12-18-15-16-6-5-7-17-15/h13-14H,3-12H2,1-2H3,(H2,16,17,18). The minimum atomic E-state index is 0.584. The van der Waals surface area contributed by atoms with Gasteiger partial charge in [-0.15, -0.1) is 0 Å². The van der Waals surface area contributed by atoms with Gasteiger partial charge in [-0.25, -0.2) is 0 Å². The smallest absolute Gasteiger partial charge is 0.191 e. The van der Waals surface area contributed by atoms with Crippen molar-refractivity contribution in [3.05, 3.63) is 0 Å². The van der Waals surface area contributed by atoms with Crippen molar-refractivity contribution < 1.29 is 4.74 Å². The van der Waals surface area contributed by atoms with E-state index >= 15 is 0 Å². The van der Waals surface area contributed by atoms with Crippen molar-refractivity contribution in [1.82, 2.24) is 15.5 Å². The minimum absolute atomic E-state index is 0.584. The summed E-state index contributed by atoms with van der Waals surface area (Å²) in [5, 5.41) is 6.87. The highest BCUT2D eigenvalue weighted by Gasteiger charge is 2.27. The molecule has 0 aromatic heterocycles. The Kier molecular flexibility index (Phi) is 6.60. The first-order valence-electron chi connectivity index (χ1n) is 8.19. The van der Waals surface area contributed by atoms with Crippen LogP contribution >= 0.6 is 0 Å². The summed E-state index contributed by atoms with van der Waals surface area (Å²) in [5.41, 5.74) is 0. The first kappa shape index (κ1) is 15.6. The minimum Gasteiger partial charge on any atom is -0.379 e. The summed E-state index contributed by atoms with van der Waals surface area (Å²) < 4.78 is 5.49. The number of hydrogen-bond acceptors (Lipinski definition) is 5. The Morgan fingerprint density at radius 2 is 2.05 bits per heavy atom. The van der Waals surface area contributed by atoms with E-state index in [9.17, 15) is 0 Å². The molecule has 2 aliphatic heterocycles. The number of rotatable bonds is 6. The fraction of sp³-hybridized carbons (Fsp3) is 0.933. The van der Waals surface area contributed by atoms with Gasteiger partial charge in [-0.3, -0.25) is 9.89 Å². The lowest BCUT2D eigenvalue weighted by atomic mass is 9.92. The van der Waals surface area contributed by atoms with Crippen LogP contribution in [0.3, 0.4) is 0 Å². The zero-order valence-corrected chi connectivity index (χ0v) is 13.0. The third kappa shape index (κ3) is 4.35. The number of aliphatic imine (C=N–C) groups is 1. The molecule has 0 aromatic carbocycles. The number of morpholine rings is 1. The van der Waals surface area contributed by atoms with Gasteiger partial charge >= 0.3 is 0 Å². The maximum Gasteiger partial charge on any atom is 0.191 e. The number of nitrogens with zero attached hydrogens (tertiary/aromatic N) is 2. The van der Waals surface area contributed by atoms with Crippen molar-refractivity contribution in [2.75, 3.05) is 45.9 Å². The Hall–Kier alpha value is -0.810. The average molecular weight is 282 g/mol. The van der Waals surface area contributed by atoms with E-state index in [1.54, 1.807) is 0 Å². The second-order valence-electron chi connectivity index (χ2n) is 5.68. The molecular formula is C15H30N4O. The van der Waals surface area contributed by atoms with Crippen molar-refractivity contribution >= 4 is 5.96 Å². The predicted molar refractivity (Wildman–Crippen MR) is 83.2 cm³/mol. The van der Waals surface area contributed by atoms with Crippen LogP contribution in [-0.4, -0.2) is 62.8 Å². The third-order valence-electron chi connectivity index (χ3n) is 4.48. The number of ether oxygens (including phenoxy) is 1.